The summed E-state index contributed by atoms with van der Waals surface area (Å²) in [7, 11) is 1.53. The van der Waals surface area contributed by atoms with Crippen LogP contribution < -0.4 is 10.1 Å². The minimum Gasteiger partial charge on any atom is -0.497 e. The van der Waals surface area contributed by atoms with Gasteiger partial charge in [-0.1, -0.05) is 12.1 Å². The largest absolute Gasteiger partial charge is 0.497 e. The van der Waals surface area contributed by atoms with Crippen molar-refractivity contribution in [2.45, 2.75) is 19.4 Å². The van der Waals surface area contributed by atoms with Gasteiger partial charge in [0, 0.05) is 42.5 Å². The lowest BCUT2D eigenvalue weighted by Crippen LogP contribution is -2.22. The second-order valence-electron chi connectivity index (χ2n) is 4.63. The Morgan fingerprint density at radius 3 is 2.80 bits per heavy atom. The highest BCUT2D eigenvalue weighted by Gasteiger charge is 2.11. The van der Waals surface area contributed by atoms with Crippen molar-refractivity contribution in [3.63, 3.8) is 0 Å². The third-order valence-corrected chi connectivity index (χ3v) is 3.23. The molecule has 0 saturated carbocycles. The summed E-state index contributed by atoms with van der Waals surface area (Å²) in [5.41, 5.74) is 1.68. The monoisotopic (exact) mass is 274 g/mol. The molecule has 1 aromatic heterocycles. The molecule has 1 heterocycles. The van der Waals surface area contributed by atoms with Crippen LogP contribution in [0.2, 0.25) is 0 Å². The minimum absolute atomic E-state index is 0.0513. The summed E-state index contributed by atoms with van der Waals surface area (Å²) in [6.45, 7) is 2.70. The number of hydrogen-bond donors (Lipinski definition) is 1. The van der Waals surface area contributed by atoms with Gasteiger partial charge in [-0.25, -0.2) is 4.39 Å². The second kappa shape index (κ2) is 7.01. The Kier molecular flexibility index (Phi) is 5.07. The van der Waals surface area contributed by atoms with E-state index in [0.29, 0.717) is 11.3 Å². The summed E-state index contributed by atoms with van der Waals surface area (Å²) in [5, 5.41) is 3.30. The van der Waals surface area contributed by atoms with Crippen molar-refractivity contribution in [3.05, 3.63) is 59.7 Å². The van der Waals surface area contributed by atoms with Gasteiger partial charge in [0.05, 0.1) is 7.11 Å². The lowest BCUT2D eigenvalue weighted by molar-refractivity contribution is 0.409. The zero-order valence-corrected chi connectivity index (χ0v) is 11.8. The topological polar surface area (TPSA) is 34.1 Å². The predicted molar refractivity (Wildman–Crippen MR) is 77.3 cm³/mol. The molecule has 20 heavy (non-hydrogen) atoms. The van der Waals surface area contributed by atoms with E-state index in [1.54, 1.807) is 18.3 Å². The summed E-state index contributed by atoms with van der Waals surface area (Å²) in [5.74, 6) is 0.286. The summed E-state index contributed by atoms with van der Waals surface area (Å²) in [6, 6.07) is 10.7. The van der Waals surface area contributed by atoms with Gasteiger partial charge in [0.1, 0.15) is 11.6 Å². The van der Waals surface area contributed by atoms with Crippen molar-refractivity contribution in [1.29, 1.82) is 0 Å². The number of hydrogen-bond acceptors (Lipinski definition) is 3. The molecule has 0 spiro atoms. The van der Waals surface area contributed by atoms with Gasteiger partial charge in [-0.15, -0.1) is 0 Å². The first-order valence-electron chi connectivity index (χ1n) is 6.67. The Labute approximate surface area is 118 Å². The zero-order chi connectivity index (χ0) is 14.4. The van der Waals surface area contributed by atoms with Crippen LogP contribution in [-0.4, -0.2) is 18.6 Å². The molecule has 4 heteroatoms. The molecule has 1 unspecified atom stereocenters. The lowest BCUT2D eigenvalue weighted by Gasteiger charge is -2.15. The van der Waals surface area contributed by atoms with Crippen LogP contribution >= 0.6 is 0 Å². The van der Waals surface area contributed by atoms with Gasteiger partial charge in [-0.05, 0) is 25.1 Å². The zero-order valence-electron chi connectivity index (χ0n) is 11.8. The molecule has 1 atom stereocenters. The standard InChI is InChI=1S/C16H19FN2O/c1-12(15-7-6-14(20-2)11-16(15)17)18-10-8-13-5-3-4-9-19-13/h3-7,9,11-12,18H,8,10H2,1-2H3. The van der Waals surface area contributed by atoms with Crippen LogP contribution in [0, 0.1) is 5.82 Å². The fourth-order valence-corrected chi connectivity index (χ4v) is 2.06. The molecule has 0 aliphatic carbocycles. The number of rotatable bonds is 6. The van der Waals surface area contributed by atoms with Crippen molar-refractivity contribution in [1.82, 2.24) is 10.3 Å². The van der Waals surface area contributed by atoms with Crippen molar-refractivity contribution < 1.29 is 9.13 Å². The molecule has 0 radical (unpaired) electrons. The number of pyridine rings is 1. The highest BCUT2D eigenvalue weighted by molar-refractivity contribution is 5.30. The fraction of sp³-hybridized carbons (Fsp3) is 0.312. The molecule has 2 rings (SSSR count). The van der Waals surface area contributed by atoms with Gasteiger partial charge in [-0.2, -0.15) is 0 Å². The maximum Gasteiger partial charge on any atom is 0.131 e. The smallest absolute Gasteiger partial charge is 0.131 e. The SMILES string of the molecule is COc1ccc(C(C)NCCc2ccccn2)c(F)c1. The van der Waals surface area contributed by atoms with Gasteiger partial charge in [0.2, 0.25) is 0 Å². The summed E-state index contributed by atoms with van der Waals surface area (Å²) in [6.07, 6.45) is 2.60. The number of methoxy groups -OCH3 is 1. The van der Waals surface area contributed by atoms with Crippen LogP contribution in [0.4, 0.5) is 4.39 Å². The first kappa shape index (κ1) is 14.5. The van der Waals surface area contributed by atoms with Crippen molar-refractivity contribution >= 4 is 0 Å². The molecule has 1 aromatic carbocycles. The van der Waals surface area contributed by atoms with E-state index < -0.39 is 0 Å². The van der Waals surface area contributed by atoms with Gasteiger partial charge < -0.3 is 10.1 Å². The molecule has 3 nitrogen and oxygen atoms in total. The van der Waals surface area contributed by atoms with E-state index >= 15 is 0 Å². The van der Waals surface area contributed by atoms with Gasteiger partial charge in [-0.3, -0.25) is 4.98 Å². The molecular formula is C16H19FN2O. The number of nitrogens with one attached hydrogen (secondary N) is 1. The maximum absolute atomic E-state index is 13.9. The highest BCUT2D eigenvalue weighted by atomic mass is 19.1. The van der Waals surface area contributed by atoms with Gasteiger partial charge in [0.15, 0.2) is 0 Å². The first-order valence-corrected chi connectivity index (χ1v) is 6.67. The van der Waals surface area contributed by atoms with Crippen LogP contribution in [0.3, 0.4) is 0 Å². The van der Waals surface area contributed by atoms with E-state index in [1.807, 2.05) is 25.1 Å². The third-order valence-electron chi connectivity index (χ3n) is 3.23. The van der Waals surface area contributed by atoms with Crippen LogP contribution in [0.5, 0.6) is 5.75 Å². The van der Waals surface area contributed by atoms with Crippen LogP contribution in [0.15, 0.2) is 42.6 Å². The third kappa shape index (κ3) is 3.78. The van der Waals surface area contributed by atoms with Crippen molar-refractivity contribution in [3.8, 4) is 5.75 Å². The molecule has 106 valence electrons. The van der Waals surface area contributed by atoms with E-state index in [9.17, 15) is 4.39 Å². The Bertz CT molecular complexity index is 545. The number of ether oxygens (including phenoxy) is 1. The number of benzene rings is 1. The maximum atomic E-state index is 13.9. The molecule has 0 amide bonds. The Hall–Kier alpha value is -1.94. The molecule has 2 aromatic rings. The summed E-state index contributed by atoms with van der Waals surface area (Å²) in [4.78, 5) is 4.26. The minimum atomic E-state index is -0.248. The molecule has 0 aliphatic heterocycles. The number of nitrogens with zero attached hydrogens (tertiary/aromatic N) is 1. The highest BCUT2D eigenvalue weighted by Crippen LogP contribution is 2.21. The molecule has 0 saturated heterocycles. The first-order chi connectivity index (χ1) is 9.70. The molecule has 0 bridgehead atoms. The van der Waals surface area contributed by atoms with Crippen LogP contribution in [0.1, 0.15) is 24.2 Å². The average molecular weight is 274 g/mol. The van der Waals surface area contributed by atoms with Crippen molar-refractivity contribution in [2.75, 3.05) is 13.7 Å². The Morgan fingerprint density at radius 1 is 1.30 bits per heavy atom. The van der Waals surface area contributed by atoms with Crippen LogP contribution in [-0.2, 0) is 6.42 Å². The fourth-order valence-electron chi connectivity index (χ4n) is 2.06. The molecule has 0 fully saturated rings. The molecule has 1 N–H and O–H groups in total. The van der Waals surface area contributed by atoms with E-state index in [4.69, 9.17) is 4.74 Å². The normalized spacial score (nSPS) is 12.2. The van der Waals surface area contributed by atoms with E-state index in [-0.39, 0.29) is 11.9 Å². The van der Waals surface area contributed by atoms with E-state index in [0.717, 1.165) is 18.7 Å². The average Bonchev–Trinajstić information content (AvgIpc) is 2.48. The van der Waals surface area contributed by atoms with Crippen molar-refractivity contribution in [2.24, 2.45) is 0 Å². The van der Waals surface area contributed by atoms with Gasteiger partial charge >= 0.3 is 0 Å². The second-order valence-corrected chi connectivity index (χ2v) is 4.63. The van der Waals surface area contributed by atoms with Crippen LogP contribution in [0.25, 0.3) is 0 Å². The van der Waals surface area contributed by atoms with Gasteiger partial charge in [0.25, 0.3) is 0 Å². The predicted octanol–water partition coefficient (Wildman–Crippen LogP) is 3.12. The van der Waals surface area contributed by atoms with E-state index in [2.05, 4.69) is 10.3 Å². The number of halogens is 1. The molecule has 0 aliphatic rings. The Morgan fingerprint density at radius 2 is 2.15 bits per heavy atom. The Balaban J connectivity index is 1.90. The van der Waals surface area contributed by atoms with E-state index in [1.165, 1.54) is 13.2 Å². The lowest BCUT2D eigenvalue weighted by atomic mass is 10.1. The summed E-state index contributed by atoms with van der Waals surface area (Å²) >= 11 is 0. The molecular weight excluding hydrogens is 255 g/mol. The number of aromatic nitrogens is 1. The quantitative estimate of drug-likeness (QED) is 0.878. The summed E-state index contributed by atoms with van der Waals surface area (Å²) < 4.78 is 18.9.